The van der Waals surface area contributed by atoms with Crippen LogP contribution >= 0.6 is 0 Å². The average molecular weight is 370 g/mol. The predicted octanol–water partition coefficient (Wildman–Crippen LogP) is 3.58. The minimum atomic E-state index is -1.55. The Hall–Kier alpha value is -2.47. The Morgan fingerprint density at radius 2 is 1.92 bits per heavy atom. The van der Waals surface area contributed by atoms with Crippen LogP contribution in [0.15, 0.2) is 47.4 Å². The van der Waals surface area contributed by atoms with E-state index in [4.69, 9.17) is 0 Å². The first kappa shape index (κ1) is 18.3. The Kier molecular flexibility index (Phi) is 5.23. The highest BCUT2D eigenvalue weighted by Crippen LogP contribution is 2.30. The second kappa shape index (κ2) is 7.41. The molecule has 26 heavy (non-hydrogen) atoms. The molecule has 1 aliphatic rings. The maximum atomic E-state index is 12.7. The molecule has 0 aliphatic carbocycles. The van der Waals surface area contributed by atoms with Crippen molar-refractivity contribution in [1.29, 1.82) is 0 Å². The van der Waals surface area contributed by atoms with Crippen molar-refractivity contribution in [3.8, 4) is 0 Å². The molecule has 136 valence electrons. The van der Waals surface area contributed by atoms with Gasteiger partial charge in [-0.1, -0.05) is 44.2 Å². The quantitative estimate of drug-likeness (QED) is 0.864. The van der Waals surface area contributed by atoms with Crippen LogP contribution in [0.3, 0.4) is 0 Å². The van der Waals surface area contributed by atoms with Gasteiger partial charge in [0.25, 0.3) is 0 Å². The molecule has 0 unspecified atom stereocenters. The fourth-order valence-electron chi connectivity index (χ4n) is 3.08. The van der Waals surface area contributed by atoms with Gasteiger partial charge in [-0.3, -0.25) is 13.8 Å². The second-order valence-electron chi connectivity index (χ2n) is 6.72. The fourth-order valence-corrected chi connectivity index (χ4v) is 4.49. The van der Waals surface area contributed by atoms with Gasteiger partial charge in [-0.2, -0.15) is 0 Å². The molecule has 1 heterocycles. The molecule has 0 radical (unpaired) electrons. The third-order valence-corrected chi connectivity index (χ3v) is 6.16. The Morgan fingerprint density at radius 3 is 2.65 bits per heavy atom. The number of carbonyl (C=O) groups is 2. The van der Waals surface area contributed by atoms with Crippen LogP contribution in [0.25, 0.3) is 0 Å². The Morgan fingerprint density at radius 1 is 1.19 bits per heavy atom. The summed E-state index contributed by atoms with van der Waals surface area (Å²) in [6.07, 6.45) is -0.126. The van der Waals surface area contributed by atoms with Crippen molar-refractivity contribution in [2.45, 2.75) is 43.3 Å². The second-order valence-corrected chi connectivity index (χ2v) is 8.32. The first-order valence-corrected chi connectivity index (χ1v) is 9.79. The SMILES string of the molecule is Cc1cccc(C(C)C)c1NC(=O)C[C@@H]1C(=O)Nc2ccccc2[S@]1=O. The number of fused-ring (bicyclic) bond motifs is 1. The van der Waals surface area contributed by atoms with Crippen LogP contribution < -0.4 is 10.6 Å². The average Bonchev–Trinajstić information content (AvgIpc) is 2.60. The Balaban J connectivity index is 1.79. The minimum absolute atomic E-state index is 0.126. The smallest absolute Gasteiger partial charge is 0.241 e. The van der Waals surface area contributed by atoms with E-state index in [9.17, 15) is 13.8 Å². The number of aryl methyl sites for hydroxylation is 1. The van der Waals surface area contributed by atoms with Gasteiger partial charge in [0.2, 0.25) is 11.8 Å². The van der Waals surface area contributed by atoms with Gasteiger partial charge in [0.1, 0.15) is 5.25 Å². The molecule has 0 saturated heterocycles. The van der Waals surface area contributed by atoms with E-state index in [1.165, 1.54) is 0 Å². The van der Waals surface area contributed by atoms with Crippen molar-refractivity contribution < 1.29 is 13.8 Å². The molecule has 6 heteroatoms. The van der Waals surface area contributed by atoms with Gasteiger partial charge in [0.15, 0.2) is 0 Å². The zero-order valence-corrected chi connectivity index (χ0v) is 15.9. The molecule has 0 aromatic heterocycles. The van der Waals surface area contributed by atoms with Gasteiger partial charge < -0.3 is 10.6 Å². The summed E-state index contributed by atoms with van der Waals surface area (Å²) in [5.74, 6) is -0.440. The number of benzene rings is 2. The number of carbonyl (C=O) groups excluding carboxylic acids is 2. The highest BCUT2D eigenvalue weighted by atomic mass is 32.2. The zero-order chi connectivity index (χ0) is 18.8. The van der Waals surface area contributed by atoms with Gasteiger partial charge in [-0.15, -0.1) is 0 Å². The maximum Gasteiger partial charge on any atom is 0.241 e. The molecule has 0 fully saturated rings. The predicted molar refractivity (Wildman–Crippen MR) is 104 cm³/mol. The number of hydrogen-bond donors (Lipinski definition) is 2. The molecule has 2 N–H and O–H groups in total. The van der Waals surface area contributed by atoms with Gasteiger partial charge in [0.05, 0.1) is 27.8 Å². The summed E-state index contributed by atoms with van der Waals surface area (Å²) >= 11 is 0. The van der Waals surface area contributed by atoms with Crippen molar-refractivity contribution >= 4 is 34.0 Å². The first-order valence-electron chi connectivity index (χ1n) is 8.58. The first-order chi connectivity index (χ1) is 12.4. The Labute approximate surface area is 155 Å². The van der Waals surface area contributed by atoms with Crippen LogP contribution in [-0.2, 0) is 20.4 Å². The summed E-state index contributed by atoms with van der Waals surface area (Å²) in [5, 5.41) is 4.77. The molecule has 0 saturated carbocycles. The van der Waals surface area contributed by atoms with Crippen molar-refractivity contribution in [3.05, 3.63) is 53.6 Å². The third kappa shape index (κ3) is 3.55. The molecule has 2 atom stereocenters. The van der Waals surface area contributed by atoms with E-state index in [1.54, 1.807) is 24.3 Å². The van der Waals surface area contributed by atoms with Crippen LogP contribution in [-0.4, -0.2) is 21.3 Å². The lowest BCUT2D eigenvalue weighted by atomic mass is 9.98. The van der Waals surface area contributed by atoms with E-state index in [2.05, 4.69) is 24.5 Å². The summed E-state index contributed by atoms with van der Waals surface area (Å²) in [7, 11) is -1.55. The Bertz CT molecular complexity index is 892. The van der Waals surface area contributed by atoms with E-state index in [-0.39, 0.29) is 24.2 Å². The number of hydrogen-bond acceptors (Lipinski definition) is 3. The van der Waals surface area contributed by atoms with Crippen LogP contribution in [0.2, 0.25) is 0 Å². The molecule has 5 nitrogen and oxygen atoms in total. The third-order valence-electron chi connectivity index (χ3n) is 4.47. The molecule has 0 bridgehead atoms. The van der Waals surface area contributed by atoms with Crippen LogP contribution in [0.5, 0.6) is 0 Å². The van der Waals surface area contributed by atoms with E-state index in [1.807, 2.05) is 25.1 Å². The van der Waals surface area contributed by atoms with E-state index < -0.39 is 16.0 Å². The molecule has 0 spiro atoms. The highest BCUT2D eigenvalue weighted by Gasteiger charge is 2.34. The zero-order valence-electron chi connectivity index (χ0n) is 15.0. The summed E-state index contributed by atoms with van der Waals surface area (Å²) in [4.78, 5) is 25.5. The lowest BCUT2D eigenvalue weighted by Gasteiger charge is -2.24. The van der Waals surface area contributed by atoms with Gasteiger partial charge in [0, 0.05) is 5.69 Å². The molecular formula is C20H22N2O3S. The number of amides is 2. The largest absolute Gasteiger partial charge is 0.326 e. The molecular weight excluding hydrogens is 348 g/mol. The number of anilines is 2. The monoisotopic (exact) mass is 370 g/mol. The lowest BCUT2D eigenvalue weighted by Crippen LogP contribution is -2.39. The van der Waals surface area contributed by atoms with E-state index in [0.29, 0.717) is 10.6 Å². The maximum absolute atomic E-state index is 12.7. The molecule has 2 aromatic carbocycles. The van der Waals surface area contributed by atoms with Gasteiger partial charge >= 0.3 is 0 Å². The normalized spacial score (nSPS) is 19.0. The van der Waals surface area contributed by atoms with Crippen molar-refractivity contribution in [1.82, 2.24) is 0 Å². The highest BCUT2D eigenvalue weighted by molar-refractivity contribution is 7.86. The van der Waals surface area contributed by atoms with Crippen molar-refractivity contribution in [3.63, 3.8) is 0 Å². The molecule has 2 aromatic rings. The van der Waals surface area contributed by atoms with E-state index >= 15 is 0 Å². The van der Waals surface area contributed by atoms with Crippen molar-refractivity contribution in [2.75, 3.05) is 10.6 Å². The topological polar surface area (TPSA) is 75.3 Å². The minimum Gasteiger partial charge on any atom is -0.326 e. The van der Waals surface area contributed by atoms with Gasteiger partial charge in [-0.25, -0.2) is 0 Å². The van der Waals surface area contributed by atoms with E-state index in [0.717, 1.165) is 16.8 Å². The fraction of sp³-hybridized carbons (Fsp3) is 0.300. The van der Waals surface area contributed by atoms with Crippen molar-refractivity contribution in [2.24, 2.45) is 0 Å². The summed E-state index contributed by atoms with van der Waals surface area (Å²) in [6, 6.07) is 12.8. The molecule has 1 aliphatic heterocycles. The van der Waals surface area contributed by atoms with Crippen LogP contribution in [0.1, 0.15) is 37.3 Å². The summed E-state index contributed by atoms with van der Waals surface area (Å²) < 4.78 is 12.7. The molecule has 3 rings (SSSR count). The number of nitrogens with one attached hydrogen (secondary N) is 2. The summed E-state index contributed by atoms with van der Waals surface area (Å²) in [5.41, 5.74) is 3.32. The number of rotatable bonds is 4. The van der Waals surface area contributed by atoms with Crippen LogP contribution in [0, 0.1) is 6.92 Å². The van der Waals surface area contributed by atoms with Crippen LogP contribution in [0.4, 0.5) is 11.4 Å². The number of para-hydroxylation sites is 2. The molecule has 2 amide bonds. The summed E-state index contributed by atoms with van der Waals surface area (Å²) in [6.45, 7) is 6.05. The lowest BCUT2D eigenvalue weighted by molar-refractivity contribution is -0.120. The standard InChI is InChI=1S/C20H22N2O3S/c1-12(2)14-8-6-7-13(3)19(14)22-18(23)11-17-20(24)21-15-9-4-5-10-16(15)26(17)25/h4-10,12,17H,11H2,1-3H3,(H,21,24)(H,22,23)/t17-,26-/m1/s1. The van der Waals surface area contributed by atoms with Gasteiger partial charge in [-0.05, 0) is 36.1 Å².